The van der Waals surface area contributed by atoms with E-state index < -0.39 is 6.04 Å². The lowest BCUT2D eigenvalue weighted by molar-refractivity contribution is -0.121. The number of ether oxygens (including phenoxy) is 1. The lowest BCUT2D eigenvalue weighted by Crippen LogP contribution is -2.42. The number of carbonyl (C=O) groups is 1. The zero-order valence-electron chi connectivity index (χ0n) is 17.7. The van der Waals surface area contributed by atoms with E-state index in [9.17, 15) is 4.79 Å². The minimum absolute atomic E-state index is 0.0386. The van der Waals surface area contributed by atoms with Gasteiger partial charge in [0.1, 0.15) is 23.5 Å². The van der Waals surface area contributed by atoms with Crippen LogP contribution in [-0.4, -0.2) is 43.0 Å². The number of aryl methyl sites for hydroxylation is 1. The van der Waals surface area contributed by atoms with Gasteiger partial charge in [-0.1, -0.05) is 29.8 Å². The van der Waals surface area contributed by atoms with Gasteiger partial charge in [-0.05, 0) is 39.0 Å². The summed E-state index contributed by atoms with van der Waals surface area (Å²) in [7, 11) is 1.60. The van der Waals surface area contributed by atoms with Crippen molar-refractivity contribution in [2.24, 2.45) is 4.99 Å². The molecule has 156 valence electrons. The van der Waals surface area contributed by atoms with Crippen LogP contribution in [0, 0.1) is 17.7 Å². The van der Waals surface area contributed by atoms with Crippen LogP contribution >= 0.6 is 0 Å². The molecule has 1 heterocycles. The van der Waals surface area contributed by atoms with Crippen LogP contribution in [0.25, 0.3) is 0 Å². The van der Waals surface area contributed by atoms with Crippen molar-refractivity contribution in [3.05, 3.63) is 59.2 Å². The molecule has 2 aromatic carbocycles. The van der Waals surface area contributed by atoms with E-state index in [-0.39, 0.29) is 24.0 Å². The molecule has 3 rings (SSSR count). The molecule has 0 saturated heterocycles. The third-order valence-corrected chi connectivity index (χ3v) is 4.95. The summed E-state index contributed by atoms with van der Waals surface area (Å²) in [5.74, 6) is 0.769. The predicted octanol–water partition coefficient (Wildman–Crippen LogP) is 3.53. The molecule has 0 unspecified atom stereocenters. The van der Waals surface area contributed by atoms with Gasteiger partial charge in [-0.3, -0.25) is 25.5 Å². The fourth-order valence-electron chi connectivity index (χ4n) is 3.48. The molecular weight excluding hydrogens is 378 g/mol. The van der Waals surface area contributed by atoms with Gasteiger partial charge >= 0.3 is 0 Å². The van der Waals surface area contributed by atoms with Crippen molar-refractivity contribution in [3.63, 3.8) is 0 Å². The maximum atomic E-state index is 12.3. The van der Waals surface area contributed by atoms with Crippen molar-refractivity contribution in [3.8, 4) is 5.75 Å². The van der Waals surface area contributed by atoms with Gasteiger partial charge in [0.15, 0.2) is 0 Å². The Labute approximate surface area is 176 Å². The molecule has 1 aliphatic heterocycles. The number of fused-ring (bicyclic) bond motifs is 1. The highest BCUT2D eigenvalue weighted by Gasteiger charge is 2.32. The SMILES string of the molecule is CCNC(=O)C[C@@H]1N=C(c2ccc(C)cc2)c2cc(OC)ccc2N(C(C)=N)C1=N. The van der Waals surface area contributed by atoms with E-state index in [0.29, 0.717) is 23.7 Å². The Hall–Kier alpha value is -3.48. The van der Waals surface area contributed by atoms with E-state index in [0.717, 1.165) is 16.7 Å². The molecule has 0 bridgehead atoms. The second-order valence-electron chi connectivity index (χ2n) is 7.21. The van der Waals surface area contributed by atoms with Gasteiger partial charge in [-0.2, -0.15) is 0 Å². The van der Waals surface area contributed by atoms with Crippen molar-refractivity contribution in [2.75, 3.05) is 18.6 Å². The summed E-state index contributed by atoms with van der Waals surface area (Å²) in [4.78, 5) is 18.7. The molecule has 0 radical (unpaired) electrons. The van der Waals surface area contributed by atoms with Gasteiger partial charge in [0, 0.05) is 17.7 Å². The molecule has 30 heavy (non-hydrogen) atoms. The van der Waals surface area contributed by atoms with Crippen molar-refractivity contribution >= 4 is 29.0 Å². The summed E-state index contributed by atoms with van der Waals surface area (Å²) in [5, 5.41) is 19.9. The Morgan fingerprint density at radius 3 is 2.53 bits per heavy atom. The number of hydrogen-bond donors (Lipinski definition) is 3. The molecule has 0 saturated carbocycles. The van der Waals surface area contributed by atoms with Crippen LogP contribution < -0.4 is 15.0 Å². The molecule has 0 aromatic heterocycles. The van der Waals surface area contributed by atoms with E-state index in [1.807, 2.05) is 50.2 Å². The lowest BCUT2D eigenvalue weighted by Gasteiger charge is -2.26. The number of anilines is 1. The van der Waals surface area contributed by atoms with Crippen LogP contribution in [0.2, 0.25) is 0 Å². The Morgan fingerprint density at radius 1 is 1.23 bits per heavy atom. The number of nitrogens with one attached hydrogen (secondary N) is 3. The quantitative estimate of drug-likeness (QED) is 0.524. The fraction of sp³-hybridized carbons (Fsp3) is 0.304. The molecule has 7 heteroatoms. The van der Waals surface area contributed by atoms with Crippen LogP contribution in [0.1, 0.15) is 37.0 Å². The number of aliphatic imine (C=N–C) groups is 1. The fourth-order valence-corrected chi connectivity index (χ4v) is 3.48. The standard InChI is InChI=1S/C23H27N5O2/c1-5-26-21(29)13-19-23(25)28(15(3)24)20-11-10-17(30-4)12-18(20)22(27-19)16-8-6-14(2)7-9-16/h6-12,19,24-25H,5,13H2,1-4H3,(H,26,29)/t19-/m0/s1. The van der Waals surface area contributed by atoms with Crippen LogP contribution in [0.3, 0.4) is 0 Å². The summed E-state index contributed by atoms with van der Waals surface area (Å²) in [6, 6.07) is 12.8. The molecule has 3 N–H and O–H groups in total. The third kappa shape index (κ3) is 4.25. The van der Waals surface area contributed by atoms with Gasteiger partial charge in [0.2, 0.25) is 5.91 Å². The Balaban J connectivity index is 2.24. The number of amidine groups is 2. The van der Waals surface area contributed by atoms with Crippen molar-refractivity contribution < 1.29 is 9.53 Å². The number of benzene rings is 2. The highest BCUT2D eigenvalue weighted by Crippen LogP contribution is 2.32. The van der Waals surface area contributed by atoms with Crippen LogP contribution in [0.4, 0.5) is 5.69 Å². The summed E-state index contributed by atoms with van der Waals surface area (Å²) in [6.07, 6.45) is 0.0386. The van der Waals surface area contributed by atoms with E-state index in [2.05, 4.69) is 5.32 Å². The maximum absolute atomic E-state index is 12.3. The topological polar surface area (TPSA) is 102 Å². The van der Waals surface area contributed by atoms with E-state index >= 15 is 0 Å². The van der Waals surface area contributed by atoms with Gasteiger partial charge in [-0.25, -0.2) is 0 Å². The maximum Gasteiger partial charge on any atom is 0.222 e. The summed E-state index contributed by atoms with van der Waals surface area (Å²) in [5.41, 5.74) is 4.11. The second-order valence-corrected chi connectivity index (χ2v) is 7.21. The first-order chi connectivity index (χ1) is 14.3. The summed E-state index contributed by atoms with van der Waals surface area (Å²) < 4.78 is 5.43. The molecule has 1 atom stereocenters. The third-order valence-electron chi connectivity index (χ3n) is 4.95. The van der Waals surface area contributed by atoms with E-state index in [1.165, 1.54) is 0 Å². The van der Waals surface area contributed by atoms with Gasteiger partial charge < -0.3 is 10.1 Å². The average molecular weight is 406 g/mol. The number of methoxy groups -OCH3 is 1. The Kier molecular flexibility index (Phi) is 6.30. The zero-order valence-corrected chi connectivity index (χ0v) is 17.7. The number of nitrogens with zero attached hydrogens (tertiary/aromatic N) is 2. The summed E-state index contributed by atoms with van der Waals surface area (Å²) >= 11 is 0. The van der Waals surface area contributed by atoms with Gasteiger partial charge in [-0.15, -0.1) is 0 Å². The van der Waals surface area contributed by atoms with Crippen molar-refractivity contribution in [1.82, 2.24) is 5.32 Å². The van der Waals surface area contributed by atoms with Crippen LogP contribution in [-0.2, 0) is 4.79 Å². The zero-order chi connectivity index (χ0) is 21.8. The van der Waals surface area contributed by atoms with E-state index in [1.54, 1.807) is 25.0 Å². The lowest BCUT2D eigenvalue weighted by atomic mass is 9.99. The largest absolute Gasteiger partial charge is 0.497 e. The van der Waals surface area contributed by atoms with Crippen LogP contribution in [0.5, 0.6) is 5.75 Å². The van der Waals surface area contributed by atoms with Crippen molar-refractivity contribution in [1.29, 1.82) is 10.8 Å². The molecule has 0 aliphatic carbocycles. The smallest absolute Gasteiger partial charge is 0.222 e. The molecule has 2 aromatic rings. The minimum Gasteiger partial charge on any atom is -0.497 e. The first-order valence-corrected chi connectivity index (χ1v) is 9.89. The molecule has 1 amide bonds. The molecular formula is C23H27N5O2. The first kappa shape index (κ1) is 21.2. The molecule has 1 aliphatic rings. The normalized spacial score (nSPS) is 15.7. The molecule has 0 fully saturated rings. The summed E-state index contributed by atoms with van der Waals surface area (Å²) in [6.45, 7) is 6.01. The second kappa shape index (κ2) is 8.90. The molecule has 7 nitrogen and oxygen atoms in total. The monoisotopic (exact) mass is 405 g/mol. The first-order valence-electron chi connectivity index (χ1n) is 9.89. The predicted molar refractivity (Wildman–Crippen MR) is 121 cm³/mol. The molecule has 0 spiro atoms. The minimum atomic E-state index is -0.716. The average Bonchev–Trinajstić information content (AvgIpc) is 2.83. The van der Waals surface area contributed by atoms with Crippen molar-refractivity contribution in [2.45, 2.75) is 33.2 Å². The van der Waals surface area contributed by atoms with Gasteiger partial charge in [0.25, 0.3) is 0 Å². The Bertz CT molecular complexity index is 1010. The van der Waals surface area contributed by atoms with Crippen LogP contribution in [0.15, 0.2) is 47.5 Å². The highest BCUT2D eigenvalue weighted by atomic mass is 16.5. The number of rotatable bonds is 5. The number of benzodiazepines with no additional fused rings is 1. The Morgan fingerprint density at radius 2 is 1.93 bits per heavy atom. The number of amides is 1. The van der Waals surface area contributed by atoms with E-state index in [4.69, 9.17) is 20.5 Å². The number of hydrogen-bond acceptors (Lipinski definition) is 5. The van der Waals surface area contributed by atoms with Gasteiger partial charge in [0.05, 0.1) is 24.9 Å². The number of carbonyl (C=O) groups excluding carboxylic acids is 1. The highest BCUT2D eigenvalue weighted by molar-refractivity contribution is 6.27.